The Hall–Kier alpha value is -2.07. The molecule has 0 aliphatic carbocycles. The summed E-state index contributed by atoms with van der Waals surface area (Å²) in [7, 11) is 1.62. The van der Waals surface area contributed by atoms with Gasteiger partial charge in [0.05, 0.1) is 7.11 Å². The first kappa shape index (κ1) is 13.9. The molecule has 2 aromatic carbocycles. The van der Waals surface area contributed by atoms with Crippen LogP contribution in [0.2, 0.25) is 0 Å². The first-order chi connectivity index (χ1) is 10.1. The fourth-order valence-corrected chi connectivity index (χ4v) is 2.74. The van der Waals surface area contributed by atoms with Crippen molar-refractivity contribution in [2.75, 3.05) is 13.7 Å². The molecule has 3 rings (SSSR count). The van der Waals surface area contributed by atoms with Gasteiger partial charge in [-0.25, -0.2) is 4.39 Å². The van der Waals surface area contributed by atoms with Crippen LogP contribution in [0.3, 0.4) is 0 Å². The molecule has 1 atom stereocenters. The number of benzene rings is 2. The predicted molar refractivity (Wildman–Crippen MR) is 80.3 cm³/mol. The van der Waals surface area contributed by atoms with E-state index < -0.39 is 0 Å². The van der Waals surface area contributed by atoms with Crippen molar-refractivity contribution in [3.8, 4) is 22.6 Å². The zero-order valence-electron chi connectivity index (χ0n) is 12.2. The molecular weight excluding hydrogens is 269 g/mol. The molecular formula is C17H18FNO2. The monoisotopic (exact) mass is 287 g/mol. The Kier molecular flexibility index (Phi) is 3.55. The van der Waals surface area contributed by atoms with Gasteiger partial charge in [0.1, 0.15) is 23.4 Å². The molecule has 0 bridgehead atoms. The molecule has 0 saturated heterocycles. The highest BCUT2D eigenvalue weighted by atomic mass is 19.1. The number of ether oxygens (including phenoxy) is 2. The van der Waals surface area contributed by atoms with Gasteiger partial charge in [-0.3, -0.25) is 0 Å². The number of fused-ring (bicyclic) bond motifs is 1. The average Bonchev–Trinajstić information content (AvgIpc) is 2.90. The maximum Gasteiger partial charge on any atom is 0.131 e. The molecule has 2 N–H and O–H groups in total. The second-order valence-electron chi connectivity index (χ2n) is 5.30. The minimum Gasteiger partial charge on any atom is -0.497 e. The lowest BCUT2D eigenvalue weighted by atomic mass is 9.96. The Morgan fingerprint density at radius 1 is 1.29 bits per heavy atom. The van der Waals surface area contributed by atoms with Crippen LogP contribution in [0, 0.1) is 12.7 Å². The van der Waals surface area contributed by atoms with E-state index in [-0.39, 0.29) is 11.9 Å². The molecule has 1 aliphatic heterocycles. The van der Waals surface area contributed by atoms with E-state index in [0.717, 1.165) is 33.8 Å². The van der Waals surface area contributed by atoms with Gasteiger partial charge < -0.3 is 15.2 Å². The summed E-state index contributed by atoms with van der Waals surface area (Å²) in [6.07, 6.45) is 0.575. The Bertz CT molecular complexity index is 685. The quantitative estimate of drug-likeness (QED) is 0.943. The molecule has 4 heteroatoms. The lowest BCUT2D eigenvalue weighted by molar-refractivity contribution is 0.242. The van der Waals surface area contributed by atoms with Gasteiger partial charge in [-0.15, -0.1) is 0 Å². The third kappa shape index (κ3) is 2.47. The fourth-order valence-electron chi connectivity index (χ4n) is 2.74. The molecule has 2 aromatic rings. The first-order valence-corrected chi connectivity index (χ1v) is 6.96. The summed E-state index contributed by atoms with van der Waals surface area (Å²) in [6.45, 7) is 2.41. The fraction of sp³-hybridized carbons (Fsp3) is 0.294. The number of aryl methyl sites for hydroxylation is 1. The van der Waals surface area contributed by atoms with Crippen LogP contribution in [0.5, 0.6) is 11.5 Å². The van der Waals surface area contributed by atoms with Crippen LogP contribution in [0.4, 0.5) is 4.39 Å². The Morgan fingerprint density at radius 2 is 2.10 bits per heavy atom. The summed E-state index contributed by atoms with van der Waals surface area (Å²) < 4.78 is 25.1. The maximum atomic E-state index is 13.9. The van der Waals surface area contributed by atoms with E-state index in [2.05, 4.69) is 0 Å². The molecule has 0 spiro atoms. The minimum atomic E-state index is -0.257. The van der Waals surface area contributed by atoms with E-state index in [4.69, 9.17) is 15.2 Å². The molecule has 0 saturated carbocycles. The van der Waals surface area contributed by atoms with Gasteiger partial charge in [-0.05, 0) is 42.3 Å². The average molecular weight is 287 g/mol. The number of hydrogen-bond acceptors (Lipinski definition) is 3. The topological polar surface area (TPSA) is 44.5 Å². The number of rotatable bonds is 3. The summed E-state index contributed by atoms with van der Waals surface area (Å²) >= 11 is 0. The van der Waals surface area contributed by atoms with Crippen molar-refractivity contribution in [3.63, 3.8) is 0 Å². The highest BCUT2D eigenvalue weighted by Gasteiger charge is 2.26. The molecule has 3 nitrogen and oxygen atoms in total. The van der Waals surface area contributed by atoms with E-state index in [1.807, 2.05) is 25.1 Å². The zero-order valence-corrected chi connectivity index (χ0v) is 12.2. The van der Waals surface area contributed by atoms with Gasteiger partial charge in [0, 0.05) is 24.1 Å². The maximum absolute atomic E-state index is 13.9. The summed E-state index contributed by atoms with van der Waals surface area (Å²) in [5.41, 5.74) is 9.28. The van der Waals surface area contributed by atoms with E-state index in [9.17, 15) is 4.39 Å². The van der Waals surface area contributed by atoms with Crippen molar-refractivity contribution >= 4 is 0 Å². The highest BCUT2D eigenvalue weighted by molar-refractivity contribution is 5.76. The van der Waals surface area contributed by atoms with Crippen molar-refractivity contribution in [1.29, 1.82) is 0 Å². The van der Waals surface area contributed by atoms with Crippen LogP contribution < -0.4 is 15.2 Å². The molecule has 1 aliphatic rings. The SMILES string of the molecule is COc1ccc(C)c(-c2cc(F)cc3c2OC(CN)C3)c1. The van der Waals surface area contributed by atoms with Crippen LogP contribution in [0.15, 0.2) is 30.3 Å². The number of hydrogen-bond donors (Lipinski definition) is 1. The summed E-state index contributed by atoms with van der Waals surface area (Å²) in [4.78, 5) is 0. The first-order valence-electron chi connectivity index (χ1n) is 6.96. The van der Waals surface area contributed by atoms with E-state index in [1.165, 1.54) is 12.1 Å². The van der Waals surface area contributed by atoms with Gasteiger partial charge in [0.25, 0.3) is 0 Å². The second-order valence-corrected chi connectivity index (χ2v) is 5.30. The minimum absolute atomic E-state index is 0.0773. The van der Waals surface area contributed by atoms with E-state index in [0.29, 0.717) is 13.0 Å². The van der Waals surface area contributed by atoms with Crippen molar-refractivity contribution in [3.05, 3.63) is 47.3 Å². The third-order valence-corrected chi connectivity index (χ3v) is 3.86. The van der Waals surface area contributed by atoms with Gasteiger partial charge in [-0.2, -0.15) is 0 Å². The van der Waals surface area contributed by atoms with Gasteiger partial charge in [0.2, 0.25) is 0 Å². The third-order valence-electron chi connectivity index (χ3n) is 3.86. The van der Waals surface area contributed by atoms with Crippen LogP contribution in [-0.2, 0) is 6.42 Å². The Labute approximate surface area is 123 Å². The van der Waals surface area contributed by atoms with E-state index >= 15 is 0 Å². The highest BCUT2D eigenvalue weighted by Crippen LogP contribution is 2.41. The predicted octanol–water partition coefficient (Wildman–Crippen LogP) is 3.07. The lowest BCUT2D eigenvalue weighted by Gasteiger charge is -2.14. The summed E-state index contributed by atoms with van der Waals surface area (Å²) in [5.74, 6) is 1.22. The van der Waals surface area contributed by atoms with Crippen molar-refractivity contribution in [2.45, 2.75) is 19.4 Å². The number of halogens is 1. The van der Waals surface area contributed by atoms with Crippen LogP contribution in [0.25, 0.3) is 11.1 Å². The molecule has 21 heavy (non-hydrogen) atoms. The normalized spacial score (nSPS) is 16.5. The Morgan fingerprint density at radius 3 is 2.81 bits per heavy atom. The summed E-state index contributed by atoms with van der Waals surface area (Å²) in [6, 6.07) is 8.80. The molecule has 0 amide bonds. The van der Waals surface area contributed by atoms with Crippen LogP contribution in [0.1, 0.15) is 11.1 Å². The van der Waals surface area contributed by atoms with Crippen LogP contribution in [-0.4, -0.2) is 19.8 Å². The lowest BCUT2D eigenvalue weighted by Crippen LogP contribution is -2.24. The molecule has 0 aromatic heterocycles. The van der Waals surface area contributed by atoms with Crippen molar-refractivity contribution < 1.29 is 13.9 Å². The molecule has 0 radical (unpaired) electrons. The second kappa shape index (κ2) is 5.37. The van der Waals surface area contributed by atoms with Crippen molar-refractivity contribution in [1.82, 2.24) is 0 Å². The smallest absolute Gasteiger partial charge is 0.131 e. The van der Waals surface area contributed by atoms with Gasteiger partial charge in [0.15, 0.2) is 0 Å². The summed E-state index contributed by atoms with van der Waals surface area (Å²) in [5, 5.41) is 0. The molecule has 1 heterocycles. The molecule has 110 valence electrons. The van der Waals surface area contributed by atoms with E-state index in [1.54, 1.807) is 7.11 Å². The zero-order chi connectivity index (χ0) is 15.0. The number of nitrogens with two attached hydrogens (primary N) is 1. The largest absolute Gasteiger partial charge is 0.497 e. The molecule has 0 fully saturated rings. The standard InChI is InChI=1S/C17H18FNO2/c1-10-3-4-13(20-2)8-15(10)16-7-12(18)5-11-6-14(9-19)21-17(11)16/h3-5,7-8,14H,6,9,19H2,1-2H3. The van der Waals surface area contributed by atoms with Crippen molar-refractivity contribution in [2.24, 2.45) is 5.73 Å². The van der Waals surface area contributed by atoms with Gasteiger partial charge in [-0.1, -0.05) is 6.07 Å². The van der Waals surface area contributed by atoms with Gasteiger partial charge >= 0.3 is 0 Å². The Balaban J connectivity index is 2.16. The van der Waals surface area contributed by atoms with Crippen LogP contribution >= 0.6 is 0 Å². The molecule has 1 unspecified atom stereocenters. The number of methoxy groups -OCH3 is 1.